The van der Waals surface area contributed by atoms with Crippen molar-refractivity contribution in [2.75, 3.05) is 33.6 Å². The van der Waals surface area contributed by atoms with E-state index in [2.05, 4.69) is 6.07 Å². The van der Waals surface area contributed by atoms with Crippen LogP contribution in [0, 0.1) is 5.92 Å². The number of methoxy groups -OCH3 is 1. The number of benzene rings is 1. The Morgan fingerprint density at radius 1 is 1.35 bits per heavy atom. The number of amides is 1. The Morgan fingerprint density at radius 3 is 3.05 bits per heavy atom. The molecule has 0 aliphatic carbocycles. The van der Waals surface area contributed by atoms with Crippen LogP contribution in [0.4, 0.5) is 0 Å². The molecule has 0 spiro atoms. The van der Waals surface area contributed by atoms with E-state index in [0.29, 0.717) is 32.3 Å². The van der Waals surface area contributed by atoms with Crippen LogP contribution in [0.25, 0.3) is 0 Å². The van der Waals surface area contributed by atoms with Gasteiger partial charge in [0.2, 0.25) is 12.7 Å². The highest BCUT2D eigenvalue weighted by atomic mass is 16.7. The molecule has 20 heavy (non-hydrogen) atoms. The molecule has 1 saturated heterocycles. The number of nitrogens with zero attached hydrogens (tertiary/aromatic N) is 1. The van der Waals surface area contributed by atoms with Gasteiger partial charge in [0.25, 0.3) is 0 Å². The zero-order chi connectivity index (χ0) is 13.9. The molecular weight excluding hydrogens is 258 g/mol. The van der Waals surface area contributed by atoms with E-state index in [1.807, 2.05) is 17.0 Å². The van der Waals surface area contributed by atoms with Crippen LogP contribution >= 0.6 is 0 Å². The molecule has 1 aromatic rings. The third-order valence-electron chi connectivity index (χ3n) is 3.82. The summed E-state index contributed by atoms with van der Waals surface area (Å²) in [4.78, 5) is 13.8. The van der Waals surface area contributed by atoms with Crippen molar-refractivity contribution in [1.82, 2.24) is 4.90 Å². The zero-order valence-corrected chi connectivity index (χ0v) is 11.6. The van der Waals surface area contributed by atoms with E-state index in [0.717, 1.165) is 24.5 Å². The monoisotopic (exact) mass is 277 g/mol. The van der Waals surface area contributed by atoms with Gasteiger partial charge in [-0.25, -0.2) is 0 Å². The molecule has 1 unspecified atom stereocenters. The summed E-state index contributed by atoms with van der Waals surface area (Å²) in [6, 6.07) is 6.01. The van der Waals surface area contributed by atoms with E-state index in [-0.39, 0.29) is 5.91 Å². The number of hydrogen-bond acceptors (Lipinski definition) is 4. The molecule has 0 bridgehead atoms. The van der Waals surface area contributed by atoms with Gasteiger partial charge in [0.15, 0.2) is 11.5 Å². The summed E-state index contributed by atoms with van der Waals surface area (Å²) in [6.07, 6.45) is 1.52. The van der Waals surface area contributed by atoms with Crippen LogP contribution in [-0.2, 0) is 16.0 Å². The smallest absolute Gasteiger partial charge is 0.231 e. The van der Waals surface area contributed by atoms with Gasteiger partial charge < -0.3 is 19.1 Å². The number of fused-ring (bicyclic) bond motifs is 1. The number of rotatable bonds is 5. The van der Waals surface area contributed by atoms with Crippen molar-refractivity contribution in [3.63, 3.8) is 0 Å². The van der Waals surface area contributed by atoms with Gasteiger partial charge in [0.05, 0.1) is 6.61 Å². The molecule has 0 saturated carbocycles. The molecule has 2 aliphatic heterocycles. The molecule has 2 aliphatic rings. The molecule has 1 aromatic carbocycles. The van der Waals surface area contributed by atoms with Crippen LogP contribution in [0.5, 0.6) is 11.5 Å². The van der Waals surface area contributed by atoms with Crippen LogP contribution in [0.2, 0.25) is 0 Å². The van der Waals surface area contributed by atoms with Gasteiger partial charge in [0.1, 0.15) is 0 Å². The quantitative estimate of drug-likeness (QED) is 0.817. The van der Waals surface area contributed by atoms with E-state index in [1.54, 1.807) is 7.11 Å². The first-order valence-electron chi connectivity index (χ1n) is 6.91. The van der Waals surface area contributed by atoms with Gasteiger partial charge in [-0.2, -0.15) is 0 Å². The Morgan fingerprint density at radius 2 is 2.20 bits per heavy atom. The van der Waals surface area contributed by atoms with Crippen molar-refractivity contribution < 1.29 is 19.0 Å². The standard InChI is InChI=1S/C15H19NO4/c1-18-5-4-16-9-12(8-15(16)17)6-11-2-3-13-14(7-11)20-10-19-13/h2-3,7,12H,4-6,8-10H2,1H3. The first-order valence-corrected chi connectivity index (χ1v) is 6.91. The zero-order valence-electron chi connectivity index (χ0n) is 11.6. The van der Waals surface area contributed by atoms with Crippen LogP contribution < -0.4 is 9.47 Å². The lowest BCUT2D eigenvalue weighted by molar-refractivity contribution is -0.128. The molecular formula is C15H19NO4. The lowest BCUT2D eigenvalue weighted by Gasteiger charge is -2.16. The van der Waals surface area contributed by atoms with Crippen molar-refractivity contribution in [3.05, 3.63) is 23.8 Å². The van der Waals surface area contributed by atoms with Gasteiger partial charge in [-0.3, -0.25) is 4.79 Å². The second-order valence-corrected chi connectivity index (χ2v) is 5.29. The minimum atomic E-state index is 0.229. The summed E-state index contributed by atoms with van der Waals surface area (Å²) in [5.74, 6) is 2.22. The Kier molecular flexibility index (Phi) is 3.78. The highest BCUT2D eigenvalue weighted by Crippen LogP contribution is 2.33. The topological polar surface area (TPSA) is 48.0 Å². The summed E-state index contributed by atoms with van der Waals surface area (Å²) in [5, 5.41) is 0. The van der Waals surface area contributed by atoms with E-state index < -0.39 is 0 Å². The van der Waals surface area contributed by atoms with Gasteiger partial charge in [0, 0.05) is 26.6 Å². The van der Waals surface area contributed by atoms with Crippen LogP contribution in [0.1, 0.15) is 12.0 Å². The third kappa shape index (κ3) is 2.72. The number of likely N-dealkylation sites (tertiary alicyclic amines) is 1. The van der Waals surface area contributed by atoms with Crippen molar-refractivity contribution >= 4 is 5.91 Å². The molecule has 0 radical (unpaired) electrons. The molecule has 1 atom stereocenters. The molecule has 5 heteroatoms. The lowest BCUT2D eigenvalue weighted by atomic mass is 9.98. The highest BCUT2D eigenvalue weighted by molar-refractivity contribution is 5.78. The molecule has 108 valence electrons. The number of hydrogen-bond donors (Lipinski definition) is 0. The van der Waals surface area contributed by atoms with Crippen molar-refractivity contribution in [3.8, 4) is 11.5 Å². The minimum Gasteiger partial charge on any atom is -0.454 e. The SMILES string of the molecule is COCCN1CC(Cc2ccc3c(c2)OCO3)CC1=O. The van der Waals surface area contributed by atoms with Crippen LogP contribution in [-0.4, -0.2) is 44.4 Å². The van der Waals surface area contributed by atoms with E-state index >= 15 is 0 Å². The summed E-state index contributed by atoms with van der Waals surface area (Å²) in [7, 11) is 1.66. The van der Waals surface area contributed by atoms with Gasteiger partial charge in [-0.1, -0.05) is 6.07 Å². The first kappa shape index (κ1) is 13.2. The van der Waals surface area contributed by atoms with Gasteiger partial charge in [-0.05, 0) is 30.0 Å². The highest BCUT2D eigenvalue weighted by Gasteiger charge is 2.29. The second-order valence-electron chi connectivity index (χ2n) is 5.29. The van der Waals surface area contributed by atoms with Crippen molar-refractivity contribution in [1.29, 1.82) is 0 Å². The Labute approximate surface area is 118 Å². The first-order chi connectivity index (χ1) is 9.76. The molecule has 5 nitrogen and oxygen atoms in total. The number of carbonyl (C=O) groups is 1. The van der Waals surface area contributed by atoms with Crippen molar-refractivity contribution in [2.24, 2.45) is 5.92 Å². The Hall–Kier alpha value is -1.75. The van der Waals surface area contributed by atoms with Crippen molar-refractivity contribution in [2.45, 2.75) is 12.8 Å². The summed E-state index contributed by atoms with van der Waals surface area (Å²) < 4.78 is 15.7. The predicted octanol–water partition coefficient (Wildman–Crippen LogP) is 1.45. The second kappa shape index (κ2) is 5.71. The van der Waals surface area contributed by atoms with Gasteiger partial charge >= 0.3 is 0 Å². The summed E-state index contributed by atoms with van der Waals surface area (Å²) in [6.45, 7) is 2.40. The Balaban J connectivity index is 1.60. The number of carbonyl (C=O) groups excluding carboxylic acids is 1. The van der Waals surface area contributed by atoms with E-state index in [4.69, 9.17) is 14.2 Å². The lowest BCUT2D eigenvalue weighted by Crippen LogP contribution is -2.28. The van der Waals surface area contributed by atoms with Crippen LogP contribution in [0.15, 0.2) is 18.2 Å². The minimum absolute atomic E-state index is 0.229. The maximum Gasteiger partial charge on any atom is 0.231 e. The fourth-order valence-electron chi connectivity index (χ4n) is 2.81. The van der Waals surface area contributed by atoms with Crippen LogP contribution in [0.3, 0.4) is 0 Å². The number of ether oxygens (including phenoxy) is 3. The molecule has 1 amide bonds. The third-order valence-corrected chi connectivity index (χ3v) is 3.82. The average Bonchev–Trinajstić information content (AvgIpc) is 3.03. The van der Waals surface area contributed by atoms with E-state index in [1.165, 1.54) is 5.56 Å². The summed E-state index contributed by atoms with van der Waals surface area (Å²) >= 11 is 0. The Bertz CT molecular complexity index is 503. The fraction of sp³-hybridized carbons (Fsp3) is 0.533. The largest absolute Gasteiger partial charge is 0.454 e. The van der Waals surface area contributed by atoms with E-state index in [9.17, 15) is 4.79 Å². The predicted molar refractivity (Wildman–Crippen MR) is 72.8 cm³/mol. The normalized spacial score (nSPS) is 20.8. The fourth-order valence-corrected chi connectivity index (χ4v) is 2.81. The van der Waals surface area contributed by atoms with Gasteiger partial charge in [-0.15, -0.1) is 0 Å². The summed E-state index contributed by atoms with van der Waals surface area (Å²) in [5.41, 5.74) is 1.20. The molecule has 0 N–H and O–H groups in total. The average molecular weight is 277 g/mol. The molecule has 0 aromatic heterocycles. The molecule has 2 heterocycles. The molecule has 3 rings (SSSR count). The maximum atomic E-state index is 11.9. The maximum absolute atomic E-state index is 11.9. The molecule has 1 fully saturated rings.